The number of amides is 1. The van der Waals surface area contributed by atoms with Crippen LogP contribution in [-0.4, -0.2) is 36.5 Å². The van der Waals surface area contributed by atoms with Crippen LogP contribution in [0.2, 0.25) is 0 Å². The Bertz CT molecular complexity index is 304. The monoisotopic (exact) mass is 250 g/mol. The topological polar surface area (TPSA) is 32.3 Å². The Labute approximate surface area is 110 Å². The fourth-order valence-corrected chi connectivity index (χ4v) is 4.12. The fourth-order valence-electron chi connectivity index (χ4n) is 4.12. The minimum absolute atomic E-state index is 0.123. The molecule has 0 aromatic heterocycles. The maximum absolute atomic E-state index is 12.5. The van der Waals surface area contributed by atoms with E-state index in [1.165, 1.54) is 51.4 Å². The largest absolute Gasteiger partial charge is 0.341 e. The summed E-state index contributed by atoms with van der Waals surface area (Å²) in [7, 11) is 0. The highest BCUT2D eigenvalue weighted by molar-refractivity contribution is 5.82. The van der Waals surface area contributed by atoms with Gasteiger partial charge in [-0.2, -0.15) is 0 Å². The number of hydrogen-bond donors (Lipinski definition) is 1. The summed E-state index contributed by atoms with van der Waals surface area (Å²) in [5.41, 5.74) is 0.503. The van der Waals surface area contributed by atoms with Crippen LogP contribution >= 0.6 is 0 Å². The van der Waals surface area contributed by atoms with Crippen LogP contribution in [0.4, 0.5) is 0 Å². The van der Waals surface area contributed by atoms with E-state index in [1.54, 1.807) is 0 Å². The molecule has 2 heterocycles. The zero-order chi connectivity index (χ0) is 12.4. The van der Waals surface area contributed by atoms with Crippen LogP contribution in [-0.2, 0) is 4.79 Å². The molecule has 1 spiro atoms. The number of carbonyl (C=O) groups is 1. The molecule has 3 aliphatic rings. The molecule has 2 aliphatic heterocycles. The number of nitrogens with zero attached hydrogens (tertiary/aromatic N) is 1. The summed E-state index contributed by atoms with van der Waals surface area (Å²) >= 11 is 0. The summed E-state index contributed by atoms with van der Waals surface area (Å²) < 4.78 is 0. The van der Waals surface area contributed by atoms with Gasteiger partial charge in [-0.15, -0.1) is 0 Å². The van der Waals surface area contributed by atoms with Crippen molar-refractivity contribution in [2.45, 2.75) is 63.8 Å². The molecule has 3 fully saturated rings. The third kappa shape index (κ3) is 2.42. The van der Waals surface area contributed by atoms with Crippen LogP contribution < -0.4 is 5.32 Å². The van der Waals surface area contributed by atoms with E-state index in [2.05, 4.69) is 10.2 Å². The molecule has 2 saturated heterocycles. The first-order valence-electron chi connectivity index (χ1n) is 7.81. The maximum Gasteiger partial charge on any atom is 0.239 e. The fraction of sp³-hybridized carbons (Fsp3) is 0.933. The highest BCUT2D eigenvalue weighted by Crippen LogP contribution is 2.43. The summed E-state index contributed by atoms with van der Waals surface area (Å²) in [5, 5.41) is 3.40. The van der Waals surface area contributed by atoms with Gasteiger partial charge in [-0.05, 0) is 44.1 Å². The molecule has 3 rings (SSSR count). The molecule has 3 nitrogen and oxygen atoms in total. The molecule has 3 heteroatoms. The Balaban J connectivity index is 1.59. The molecule has 0 bridgehead atoms. The number of nitrogens with one attached hydrogen (secondary N) is 1. The van der Waals surface area contributed by atoms with Crippen molar-refractivity contribution in [1.82, 2.24) is 10.2 Å². The minimum Gasteiger partial charge on any atom is -0.341 e. The van der Waals surface area contributed by atoms with Crippen molar-refractivity contribution in [3.8, 4) is 0 Å². The van der Waals surface area contributed by atoms with Crippen LogP contribution in [0.15, 0.2) is 0 Å². The molecule has 1 amide bonds. The molecular formula is C15H26N2O. The van der Waals surface area contributed by atoms with Crippen LogP contribution in [0.5, 0.6) is 0 Å². The minimum atomic E-state index is 0.123. The van der Waals surface area contributed by atoms with Crippen LogP contribution in [0.3, 0.4) is 0 Å². The number of piperidine rings is 1. The van der Waals surface area contributed by atoms with Crippen molar-refractivity contribution < 1.29 is 4.79 Å². The van der Waals surface area contributed by atoms with E-state index in [4.69, 9.17) is 0 Å². The summed E-state index contributed by atoms with van der Waals surface area (Å²) in [6, 6.07) is 0.123. The predicted molar refractivity (Wildman–Crippen MR) is 72.4 cm³/mol. The molecule has 1 N–H and O–H groups in total. The van der Waals surface area contributed by atoms with E-state index in [1.807, 2.05) is 0 Å². The van der Waals surface area contributed by atoms with Gasteiger partial charge in [0.1, 0.15) is 0 Å². The lowest BCUT2D eigenvalue weighted by Crippen LogP contribution is -2.48. The van der Waals surface area contributed by atoms with Crippen molar-refractivity contribution in [2.75, 3.05) is 19.6 Å². The standard InChI is InChI=1S/C15H26N2O/c18-14(13-6-2-5-10-16-13)17-11-9-15(12-17)7-3-1-4-8-15/h13,16H,1-12H2. The molecule has 18 heavy (non-hydrogen) atoms. The third-order valence-electron chi connectivity index (χ3n) is 5.27. The Morgan fingerprint density at radius 2 is 1.89 bits per heavy atom. The van der Waals surface area contributed by atoms with Crippen molar-refractivity contribution in [2.24, 2.45) is 5.41 Å². The van der Waals surface area contributed by atoms with Crippen LogP contribution in [0.25, 0.3) is 0 Å². The van der Waals surface area contributed by atoms with Gasteiger partial charge in [0.15, 0.2) is 0 Å². The lowest BCUT2D eigenvalue weighted by atomic mass is 9.73. The van der Waals surface area contributed by atoms with Gasteiger partial charge in [-0.3, -0.25) is 4.79 Å². The molecule has 0 radical (unpaired) electrons. The normalized spacial score (nSPS) is 31.8. The lowest BCUT2D eigenvalue weighted by Gasteiger charge is -2.34. The van der Waals surface area contributed by atoms with Crippen LogP contribution in [0, 0.1) is 5.41 Å². The highest BCUT2D eigenvalue weighted by atomic mass is 16.2. The van der Waals surface area contributed by atoms with E-state index in [-0.39, 0.29) is 6.04 Å². The van der Waals surface area contributed by atoms with Crippen molar-refractivity contribution in [3.63, 3.8) is 0 Å². The van der Waals surface area contributed by atoms with Crippen molar-refractivity contribution in [3.05, 3.63) is 0 Å². The number of hydrogen-bond acceptors (Lipinski definition) is 2. The lowest BCUT2D eigenvalue weighted by molar-refractivity contribution is -0.133. The second kappa shape index (κ2) is 5.20. The molecule has 1 aliphatic carbocycles. The second-order valence-electron chi connectivity index (χ2n) is 6.57. The van der Waals surface area contributed by atoms with Gasteiger partial charge in [0, 0.05) is 13.1 Å². The van der Waals surface area contributed by atoms with E-state index in [9.17, 15) is 4.79 Å². The Morgan fingerprint density at radius 3 is 2.61 bits per heavy atom. The van der Waals surface area contributed by atoms with Gasteiger partial charge in [-0.25, -0.2) is 0 Å². The van der Waals surface area contributed by atoms with Crippen LogP contribution in [0.1, 0.15) is 57.8 Å². The first kappa shape index (κ1) is 12.5. The van der Waals surface area contributed by atoms with Crippen molar-refractivity contribution >= 4 is 5.91 Å². The smallest absolute Gasteiger partial charge is 0.239 e. The van der Waals surface area contributed by atoms with Gasteiger partial charge in [0.2, 0.25) is 5.91 Å². The molecule has 102 valence electrons. The number of carbonyl (C=O) groups excluding carboxylic acids is 1. The van der Waals surface area contributed by atoms with Gasteiger partial charge < -0.3 is 10.2 Å². The first-order chi connectivity index (χ1) is 8.79. The molecular weight excluding hydrogens is 224 g/mol. The Morgan fingerprint density at radius 1 is 1.06 bits per heavy atom. The summed E-state index contributed by atoms with van der Waals surface area (Å²) in [6.07, 6.45) is 11.6. The zero-order valence-corrected chi connectivity index (χ0v) is 11.4. The van der Waals surface area contributed by atoms with Crippen molar-refractivity contribution in [1.29, 1.82) is 0 Å². The SMILES string of the molecule is O=C(C1CCCCN1)N1CCC2(CCCCC2)C1. The summed E-state index contributed by atoms with van der Waals surface area (Å²) in [6.45, 7) is 3.08. The third-order valence-corrected chi connectivity index (χ3v) is 5.27. The quantitative estimate of drug-likeness (QED) is 0.774. The van der Waals surface area contributed by atoms with E-state index < -0.39 is 0 Å². The van der Waals surface area contributed by atoms with Gasteiger partial charge in [0.05, 0.1) is 6.04 Å². The van der Waals surface area contributed by atoms with Gasteiger partial charge in [0.25, 0.3) is 0 Å². The number of rotatable bonds is 1. The van der Waals surface area contributed by atoms with E-state index >= 15 is 0 Å². The second-order valence-corrected chi connectivity index (χ2v) is 6.57. The van der Waals surface area contributed by atoms with Gasteiger partial charge >= 0.3 is 0 Å². The summed E-state index contributed by atoms with van der Waals surface area (Å²) in [4.78, 5) is 14.7. The molecule has 1 saturated carbocycles. The maximum atomic E-state index is 12.5. The first-order valence-corrected chi connectivity index (χ1v) is 7.81. The Kier molecular flexibility index (Phi) is 3.60. The molecule has 0 aromatic carbocycles. The molecule has 1 atom stereocenters. The Hall–Kier alpha value is -0.570. The average molecular weight is 250 g/mol. The molecule has 0 aromatic rings. The highest BCUT2D eigenvalue weighted by Gasteiger charge is 2.41. The zero-order valence-electron chi connectivity index (χ0n) is 11.4. The predicted octanol–water partition coefficient (Wildman–Crippen LogP) is 2.31. The van der Waals surface area contributed by atoms with E-state index in [0.29, 0.717) is 11.3 Å². The summed E-state index contributed by atoms with van der Waals surface area (Å²) in [5.74, 6) is 0.386. The van der Waals surface area contributed by atoms with E-state index in [0.717, 1.165) is 26.1 Å². The molecule has 1 unspecified atom stereocenters. The average Bonchev–Trinajstić information content (AvgIpc) is 2.83. The van der Waals surface area contributed by atoms with Gasteiger partial charge in [-0.1, -0.05) is 25.7 Å². The number of likely N-dealkylation sites (tertiary alicyclic amines) is 1.